The molecule has 4 atom stereocenters. The largest absolute Gasteiger partial charge is 0.474 e. The van der Waals surface area contributed by atoms with Crippen molar-refractivity contribution < 1.29 is 33.3 Å². The lowest BCUT2D eigenvalue weighted by molar-refractivity contribution is -0.186. The number of hydrogen-bond donors (Lipinski definition) is 0. The van der Waals surface area contributed by atoms with Crippen molar-refractivity contribution in [3.63, 3.8) is 0 Å². The Morgan fingerprint density at radius 3 is 2.15 bits per heavy atom. The van der Waals surface area contributed by atoms with Crippen LogP contribution in [0.3, 0.4) is 0 Å². The van der Waals surface area contributed by atoms with Crippen LogP contribution in [0.5, 0.6) is 5.75 Å². The summed E-state index contributed by atoms with van der Waals surface area (Å²) in [5.74, 6) is -0.920. The Labute approximate surface area is 197 Å². The van der Waals surface area contributed by atoms with Gasteiger partial charge < -0.3 is 18.9 Å². The van der Waals surface area contributed by atoms with Gasteiger partial charge in [0.1, 0.15) is 5.75 Å². The lowest BCUT2D eigenvalue weighted by atomic mass is 10.0. The van der Waals surface area contributed by atoms with Crippen molar-refractivity contribution in [3.8, 4) is 16.9 Å². The van der Waals surface area contributed by atoms with E-state index in [1.165, 1.54) is 38.1 Å². The summed E-state index contributed by atoms with van der Waals surface area (Å²) in [6.45, 7) is 7.86. The molecule has 9 heteroatoms. The van der Waals surface area contributed by atoms with Gasteiger partial charge in [-0.15, -0.1) is 11.8 Å². The van der Waals surface area contributed by atoms with Gasteiger partial charge in [0.2, 0.25) is 0 Å². The maximum absolute atomic E-state index is 11.8. The van der Waals surface area contributed by atoms with E-state index in [0.717, 1.165) is 16.7 Å². The molecule has 1 fully saturated rings. The number of thioether (sulfide) groups is 1. The third kappa shape index (κ3) is 6.47. The van der Waals surface area contributed by atoms with Crippen LogP contribution in [0.4, 0.5) is 0 Å². The summed E-state index contributed by atoms with van der Waals surface area (Å²) in [7, 11) is 0. The number of ether oxygens (including phenoxy) is 4. The molecule has 33 heavy (non-hydrogen) atoms. The van der Waals surface area contributed by atoms with Gasteiger partial charge in [0.25, 0.3) is 0 Å². The second kappa shape index (κ2) is 10.7. The van der Waals surface area contributed by atoms with Crippen molar-refractivity contribution in [2.45, 2.75) is 58.4 Å². The molecule has 0 aliphatic carbocycles. The van der Waals surface area contributed by atoms with Crippen molar-refractivity contribution in [2.24, 2.45) is 0 Å². The van der Waals surface area contributed by atoms with Crippen LogP contribution < -0.4 is 4.74 Å². The Balaban J connectivity index is 1.87. The van der Waals surface area contributed by atoms with Crippen LogP contribution in [0, 0.1) is 13.8 Å². The SMILES string of the molecule is CC(=O)O[C@@H]1[C@@H](OC(C)=O)[C@@H](Oc2cncc(-c3ccc(C)c(C)c3)c2)SC[C@H]1OC(C)=O. The Bertz CT molecular complexity index is 1040. The molecule has 0 N–H and O–H groups in total. The number of aromatic nitrogens is 1. The van der Waals surface area contributed by atoms with Crippen molar-refractivity contribution in [1.82, 2.24) is 4.98 Å². The second-order valence-corrected chi connectivity index (χ2v) is 8.96. The molecule has 1 saturated heterocycles. The highest BCUT2D eigenvalue weighted by Gasteiger charge is 2.47. The molecule has 0 radical (unpaired) electrons. The topological polar surface area (TPSA) is 101 Å². The summed E-state index contributed by atoms with van der Waals surface area (Å²) in [5, 5.41) is 0. The Morgan fingerprint density at radius 1 is 0.848 bits per heavy atom. The van der Waals surface area contributed by atoms with Gasteiger partial charge in [0.05, 0.1) is 6.20 Å². The third-order valence-corrected chi connectivity index (χ3v) is 6.32. The van der Waals surface area contributed by atoms with Gasteiger partial charge in [-0.25, -0.2) is 0 Å². The highest BCUT2D eigenvalue weighted by atomic mass is 32.2. The van der Waals surface area contributed by atoms with E-state index in [4.69, 9.17) is 18.9 Å². The van der Waals surface area contributed by atoms with Crippen LogP contribution in [0.25, 0.3) is 11.1 Å². The van der Waals surface area contributed by atoms with Crippen LogP contribution >= 0.6 is 11.8 Å². The van der Waals surface area contributed by atoms with Gasteiger partial charge in [-0.1, -0.05) is 18.2 Å². The fraction of sp³-hybridized carbons (Fsp3) is 0.417. The highest BCUT2D eigenvalue weighted by molar-refractivity contribution is 7.99. The molecule has 1 aliphatic heterocycles. The van der Waals surface area contributed by atoms with E-state index < -0.39 is 41.7 Å². The van der Waals surface area contributed by atoms with Crippen molar-refractivity contribution >= 4 is 29.7 Å². The van der Waals surface area contributed by atoms with Gasteiger partial charge in [-0.2, -0.15) is 0 Å². The smallest absolute Gasteiger partial charge is 0.303 e. The van der Waals surface area contributed by atoms with Gasteiger partial charge in [-0.3, -0.25) is 19.4 Å². The molecule has 0 unspecified atom stereocenters. The first-order valence-corrected chi connectivity index (χ1v) is 11.5. The lowest BCUT2D eigenvalue weighted by Crippen LogP contribution is -2.55. The maximum Gasteiger partial charge on any atom is 0.303 e. The number of carbonyl (C=O) groups excluding carboxylic acids is 3. The predicted octanol–water partition coefficient (Wildman–Crippen LogP) is 3.61. The lowest BCUT2D eigenvalue weighted by Gasteiger charge is -2.39. The average Bonchev–Trinajstić information content (AvgIpc) is 2.73. The van der Waals surface area contributed by atoms with Crippen LogP contribution in [-0.4, -0.2) is 52.4 Å². The molecule has 0 saturated carbocycles. The zero-order valence-corrected chi connectivity index (χ0v) is 20.0. The van der Waals surface area contributed by atoms with Crippen molar-refractivity contribution in [3.05, 3.63) is 47.8 Å². The van der Waals surface area contributed by atoms with Crippen LogP contribution in [-0.2, 0) is 28.6 Å². The Hall–Kier alpha value is -3.07. The first kappa shape index (κ1) is 24.6. The van der Waals surface area contributed by atoms with E-state index in [-0.39, 0.29) is 0 Å². The molecular weight excluding hydrogens is 446 g/mol. The summed E-state index contributed by atoms with van der Waals surface area (Å²) < 4.78 is 22.3. The first-order valence-electron chi connectivity index (χ1n) is 10.5. The number of carbonyl (C=O) groups is 3. The molecule has 1 aromatic carbocycles. The Kier molecular flexibility index (Phi) is 7.97. The second-order valence-electron chi connectivity index (χ2n) is 7.82. The number of esters is 3. The third-order valence-electron chi connectivity index (χ3n) is 5.11. The number of hydrogen-bond acceptors (Lipinski definition) is 9. The van der Waals surface area contributed by atoms with Crippen molar-refractivity contribution in [1.29, 1.82) is 0 Å². The zero-order valence-electron chi connectivity index (χ0n) is 19.2. The fourth-order valence-electron chi connectivity index (χ4n) is 3.51. The van der Waals surface area contributed by atoms with E-state index in [1.807, 2.05) is 25.1 Å². The molecule has 3 rings (SSSR count). The molecule has 176 valence electrons. The molecule has 1 aliphatic rings. The van der Waals surface area contributed by atoms with E-state index in [9.17, 15) is 14.4 Å². The van der Waals surface area contributed by atoms with E-state index in [1.54, 1.807) is 12.4 Å². The minimum Gasteiger partial charge on any atom is -0.474 e. The van der Waals surface area contributed by atoms with Gasteiger partial charge >= 0.3 is 17.9 Å². The monoisotopic (exact) mass is 473 g/mol. The summed E-state index contributed by atoms with van der Waals surface area (Å²) in [5.41, 5.74) is 3.52. The quantitative estimate of drug-likeness (QED) is 0.460. The summed E-state index contributed by atoms with van der Waals surface area (Å²) >= 11 is 1.30. The molecule has 0 spiro atoms. The zero-order chi connectivity index (χ0) is 24.1. The molecule has 0 amide bonds. The van der Waals surface area contributed by atoms with Crippen molar-refractivity contribution in [2.75, 3.05) is 5.75 Å². The minimum absolute atomic E-state index is 0.296. The van der Waals surface area contributed by atoms with Gasteiger partial charge in [0, 0.05) is 38.3 Å². The number of aryl methyl sites for hydroxylation is 2. The Morgan fingerprint density at radius 2 is 1.52 bits per heavy atom. The maximum atomic E-state index is 11.8. The van der Waals surface area contributed by atoms with E-state index >= 15 is 0 Å². The summed E-state index contributed by atoms with van der Waals surface area (Å²) in [6.07, 6.45) is 0.541. The molecule has 2 aromatic rings. The van der Waals surface area contributed by atoms with Crippen LogP contribution in [0.15, 0.2) is 36.7 Å². The highest BCUT2D eigenvalue weighted by Crippen LogP contribution is 2.35. The summed E-state index contributed by atoms with van der Waals surface area (Å²) in [4.78, 5) is 39.4. The van der Waals surface area contributed by atoms with Gasteiger partial charge in [-0.05, 0) is 36.6 Å². The van der Waals surface area contributed by atoms with Crippen LogP contribution in [0.1, 0.15) is 31.9 Å². The molecule has 0 bridgehead atoms. The minimum atomic E-state index is -1.00. The number of rotatable bonds is 6. The summed E-state index contributed by atoms with van der Waals surface area (Å²) in [6, 6.07) is 7.99. The molecule has 8 nitrogen and oxygen atoms in total. The van der Waals surface area contributed by atoms with E-state index in [2.05, 4.69) is 18.0 Å². The number of pyridine rings is 1. The van der Waals surface area contributed by atoms with Crippen LogP contribution in [0.2, 0.25) is 0 Å². The molecule has 1 aromatic heterocycles. The average molecular weight is 474 g/mol. The standard InChI is InChI=1S/C24H27NO7S/c1-13-6-7-18(8-14(13)2)19-9-20(11-25-10-19)32-24-23(31-17(5)28)22(30-16(4)27)21(12-33-24)29-15(3)26/h6-11,21-24H,12H2,1-5H3/t21-,22+,23-,24+/m1/s1. The predicted molar refractivity (Wildman–Crippen MR) is 123 cm³/mol. The fourth-order valence-corrected chi connectivity index (χ4v) is 4.72. The number of nitrogens with zero attached hydrogens (tertiary/aromatic N) is 1. The van der Waals surface area contributed by atoms with E-state index in [0.29, 0.717) is 11.5 Å². The molecular formula is C24H27NO7S. The van der Waals surface area contributed by atoms with Gasteiger partial charge in [0.15, 0.2) is 23.7 Å². The number of benzene rings is 1. The normalized spacial score (nSPS) is 22.2. The first-order chi connectivity index (χ1) is 15.6. The molecule has 2 heterocycles.